The highest BCUT2D eigenvalue weighted by atomic mass is 32.2. The molecule has 2 heterocycles. The third-order valence-electron chi connectivity index (χ3n) is 5.92. The van der Waals surface area contributed by atoms with E-state index >= 15 is 0 Å². The van der Waals surface area contributed by atoms with E-state index < -0.39 is 33.0 Å². The number of benzene rings is 2. The number of aromatic nitrogens is 3. The molecule has 39 heavy (non-hydrogen) atoms. The van der Waals surface area contributed by atoms with Gasteiger partial charge in [0.05, 0.1) is 21.8 Å². The minimum Gasteiger partial charge on any atom is -0.423 e. The summed E-state index contributed by atoms with van der Waals surface area (Å²) >= 11 is 0. The fourth-order valence-corrected chi connectivity index (χ4v) is 5.31. The summed E-state index contributed by atoms with van der Waals surface area (Å²) in [6.45, 7) is 3.20. The van der Waals surface area contributed by atoms with Gasteiger partial charge in [-0.1, -0.05) is 25.1 Å². The van der Waals surface area contributed by atoms with E-state index in [-0.39, 0.29) is 45.6 Å². The summed E-state index contributed by atoms with van der Waals surface area (Å²) < 4.78 is 70.8. The molecule has 0 aliphatic carbocycles. The second-order valence-electron chi connectivity index (χ2n) is 8.64. The highest BCUT2D eigenvalue weighted by Crippen LogP contribution is 2.31. The molecule has 1 N–H and O–H groups in total. The molecule has 4 aromatic rings. The quantitative estimate of drug-likeness (QED) is 0.340. The van der Waals surface area contributed by atoms with Gasteiger partial charge in [-0.05, 0) is 55.3 Å². The molecule has 204 valence electrons. The number of carbonyl (C=O) groups excluding carboxylic acids is 1. The number of rotatable bonds is 8. The van der Waals surface area contributed by atoms with Crippen LogP contribution in [-0.4, -0.2) is 34.8 Å². The summed E-state index contributed by atoms with van der Waals surface area (Å²) in [7, 11) is -3.40. The van der Waals surface area contributed by atoms with Gasteiger partial charge >= 0.3 is 6.18 Å². The van der Waals surface area contributed by atoms with Crippen LogP contribution < -0.4 is 10.9 Å². The predicted octanol–water partition coefficient (Wildman–Crippen LogP) is 4.33. The molecule has 0 fully saturated rings. The summed E-state index contributed by atoms with van der Waals surface area (Å²) in [6.07, 6.45) is -3.14. The zero-order chi connectivity index (χ0) is 28.4. The zero-order valence-electron chi connectivity index (χ0n) is 20.8. The second-order valence-corrected chi connectivity index (χ2v) is 10.7. The SMILES string of the molecule is CCCS(=O)(=O)c1ccc(CNC(=O)c2cc(-c3nnco3)c(C)n(-c3cccc(C(F)(F)F)c3)c2=O)cc1. The lowest BCUT2D eigenvalue weighted by Gasteiger charge is -2.16. The maximum atomic E-state index is 13.4. The van der Waals surface area contributed by atoms with E-state index in [1.54, 1.807) is 19.1 Å². The average Bonchev–Trinajstić information content (AvgIpc) is 3.42. The maximum absolute atomic E-state index is 13.4. The number of halogens is 3. The van der Waals surface area contributed by atoms with E-state index in [4.69, 9.17) is 4.42 Å². The molecule has 0 radical (unpaired) electrons. The summed E-state index contributed by atoms with van der Waals surface area (Å²) in [4.78, 5) is 26.7. The van der Waals surface area contributed by atoms with Crippen molar-refractivity contribution in [2.75, 3.05) is 5.75 Å². The van der Waals surface area contributed by atoms with Crippen LogP contribution in [0.4, 0.5) is 13.2 Å². The molecular formula is C26H23F3N4O5S. The first-order chi connectivity index (χ1) is 18.4. The number of pyridine rings is 1. The van der Waals surface area contributed by atoms with Gasteiger partial charge < -0.3 is 9.73 Å². The lowest BCUT2D eigenvalue weighted by molar-refractivity contribution is -0.137. The smallest absolute Gasteiger partial charge is 0.416 e. The molecule has 0 saturated carbocycles. The van der Waals surface area contributed by atoms with Crippen LogP contribution in [0, 0.1) is 6.92 Å². The van der Waals surface area contributed by atoms with Crippen molar-refractivity contribution in [3.05, 3.63) is 93.7 Å². The minimum absolute atomic E-state index is 0.0110. The van der Waals surface area contributed by atoms with E-state index in [2.05, 4.69) is 15.5 Å². The number of nitrogens with one attached hydrogen (secondary N) is 1. The van der Waals surface area contributed by atoms with E-state index in [0.29, 0.717) is 12.0 Å². The zero-order valence-corrected chi connectivity index (χ0v) is 21.6. The molecule has 2 aromatic heterocycles. The molecule has 9 nitrogen and oxygen atoms in total. The summed E-state index contributed by atoms with van der Waals surface area (Å²) in [5.74, 6) is -0.827. The van der Waals surface area contributed by atoms with Crippen molar-refractivity contribution in [1.29, 1.82) is 0 Å². The van der Waals surface area contributed by atoms with Crippen LogP contribution in [0.25, 0.3) is 17.1 Å². The Kier molecular flexibility index (Phi) is 7.72. The largest absolute Gasteiger partial charge is 0.423 e. The molecule has 0 spiro atoms. The summed E-state index contributed by atoms with van der Waals surface area (Å²) in [5, 5.41) is 10.0. The summed E-state index contributed by atoms with van der Waals surface area (Å²) in [6, 6.07) is 11.4. The van der Waals surface area contributed by atoms with Crippen molar-refractivity contribution in [1.82, 2.24) is 20.1 Å². The third kappa shape index (κ3) is 5.93. The fraction of sp³-hybridized carbons (Fsp3) is 0.231. The second kappa shape index (κ2) is 10.8. The lowest BCUT2D eigenvalue weighted by Crippen LogP contribution is -2.33. The topological polar surface area (TPSA) is 124 Å². The molecule has 0 saturated heterocycles. The van der Waals surface area contributed by atoms with Crippen molar-refractivity contribution in [3.63, 3.8) is 0 Å². The molecule has 2 aromatic carbocycles. The first-order valence-corrected chi connectivity index (χ1v) is 13.4. The molecule has 4 rings (SSSR count). The van der Waals surface area contributed by atoms with Crippen LogP contribution in [0.15, 0.2) is 75.1 Å². The Morgan fingerprint density at radius 3 is 2.44 bits per heavy atom. The molecule has 0 aliphatic heterocycles. The number of sulfone groups is 1. The monoisotopic (exact) mass is 560 g/mol. The van der Waals surface area contributed by atoms with Crippen LogP contribution in [0.2, 0.25) is 0 Å². The Bertz CT molecular complexity index is 1660. The van der Waals surface area contributed by atoms with Gasteiger partial charge in [0.1, 0.15) is 5.56 Å². The number of nitrogens with zero attached hydrogens (tertiary/aromatic N) is 3. The van der Waals surface area contributed by atoms with Gasteiger partial charge in [0.2, 0.25) is 12.3 Å². The van der Waals surface area contributed by atoms with Gasteiger partial charge in [0.15, 0.2) is 9.84 Å². The highest BCUT2D eigenvalue weighted by molar-refractivity contribution is 7.91. The minimum atomic E-state index is -4.65. The van der Waals surface area contributed by atoms with Crippen molar-refractivity contribution in [2.45, 2.75) is 37.9 Å². The van der Waals surface area contributed by atoms with Crippen LogP contribution in [0.1, 0.15) is 40.5 Å². The lowest BCUT2D eigenvalue weighted by atomic mass is 10.1. The van der Waals surface area contributed by atoms with Crippen LogP contribution >= 0.6 is 0 Å². The van der Waals surface area contributed by atoms with E-state index in [1.807, 2.05) is 0 Å². The summed E-state index contributed by atoms with van der Waals surface area (Å²) in [5.41, 5.74) is -1.36. The van der Waals surface area contributed by atoms with Crippen LogP contribution in [0.5, 0.6) is 0 Å². The first-order valence-electron chi connectivity index (χ1n) is 11.7. The van der Waals surface area contributed by atoms with Crippen molar-refractivity contribution in [2.24, 2.45) is 0 Å². The number of alkyl halides is 3. The van der Waals surface area contributed by atoms with Crippen LogP contribution in [0.3, 0.4) is 0 Å². The number of amides is 1. The van der Waals surface area contributed by atoms with Crippen molar-refractivity contribution < 1.29 is 30.8 Å². The number of carbonyl (C=O) groups is 1. The molecule has 0 aliphatic rings. The molecule has 0 bridgehead atoms. The molecule has 0 unspecified atom stereocenters. The Labute approximate surface area is 221 Å². The van der Waals surface area contributed by atoms with Gasteiger partial charge in [0, 0.05) is 17.9 Å². The van der Waals surface area contributed by atoms with E-state index in [1.165, 1.54) is 31.2 Å². The Balaban J connectivity index is 1.71. The Hall–Kier alpha value is -4.26. The normalized spacial score (nSPS) is 11.9. The maximum Gasteiger partial charge on any atom is 0.416 e. The highest BCUT2D eigenvalue weighted by Gasteiger charge is 2.31. The number of hydrogen-bond acceptors (Lipinski definition) is 7. The average molecular weight is 561 g/mol. The van der Waals surface area contributed by atoms with Gasteiger partial charge in [-0.2, -0.15) is 13.2 Å². The Morgan fingerprint density at radius 1 is 1.10 bits per heavy atom. The first kappa shape index (κ1) is 27.8. The van der Waals surface area contributed by atoms with Gasteiger partial charge in [0.25, 0.3) is 11.5 Å². The van der Waals surface area contributed by atoms with E-state index in [9.17, 15) is 31.2 Å². The molecule has 1 amide bonds. The van der Waals surface area contributed by atoms with Gasteiger partial charge in [-0.15, -0.1) is 10.2 Å². The third-order valence-corrected chi connectivity index (χ3v) is 7.86. The molecule has 0 atom stereocenters. The predicted molar refractivity (Wildman–Crippen MR) is 135 cm³/mol. The molecular weight excluding hydrogens is 537 g/mol. The van der Waals surface area contributed by atoms with E-state index in [0.717, 1.165) is 29.2 Å². The van der Waals surface area contributed by atoms with Crippen molar-refractivity contribution in [3.8, 4) is 17.1 Å². The Morgan fingerprint density at radius 2 is 1.82 bits per heavy atom. The van der Waals surface area contributed by atoms with Crippen LogP contribution in [-0.2, 0) is 22.6 Å². The van der Waals surface area contributed by atoms with Crippen molar-refractivity contribution >= 4 is 15.7 Å². The standard InChI is InChI=1S/C26H23F3N4O5S/c1-3-11-39(36,37)20-9-7-17(8-10-20)14-30-23(34)22-13-21(24-32-31-15-38-24)16(2)33(25(22)35)19-6-4-5-18(12-19)26(27,28)29/h4-10,12-13,15H,3,11,14H2,1-2H3,(H,30,34). The fourth-order valence-electron chi connectivity index (χ4n) is 3.98. The molecule has 13 heteroatoms. The number of hydrogen-bond donors (Lipinski definition) is 1. The van der Waals surface area contributed by atoms with Gasteiger partial charge in [-0.25, -0.2) is 8.42 Å². The van der Waals surface area contributed by atoms with Gasteiger partial charge in [-0.3, -0.25) is 14.2 Å².